The van der Waals surface area contributed by atoms with Crippen LogP contribution in [0, 0.1) is 0 Å². The van der Waals surface area contributed by atoms with Gasteiger partial charge in [0.1, 0.15) is 38.4 Å². The smallest absolute Gasteiger partial charge is 0.113 e. The Hall–Kier alpha value is 1.87. The highest BCUT2D eigenvalue weighted by molar-refractivity contribution is 9.15. The van der Waals surface area contributed by atoms with Crippen molar-refractivity contribution in [1.82, 2.24) is 0 Å². The third kappa shape index (κ3) is 1.86. The van der Waals surface area contributed by atoms with Crippen LogP contribution in [0.5, 0.6) is 0 Å². The summed E-state index contributed by atoms with van der Waals surface area (Å²) in [6.45, 7) is 0. The fourth-order valence-corrected chi connectivity index (χ4v) is 9.18. The third-order valence-corrected chi connectivity index (χ3v) is 16.7. The van der Waals surface area contributed by atoms with Crippen molar-refractivity contribution in [2.24, 2.45) is 0 Å². The van der Waals surface area contributed by atoms with Gasteiger partial charge in [-0.25, -0.2) is 0 Å². The van der Waals surface area contributed by atoms with E-state index in [0.29, 0.717) is 0 Å². The lowest BCUT2D eigenvalue weighted by Crippen LogP contribution is -1.01. The molecule has 0 spiro atoms. The van der Waals surface area contributed by atoms with Crippen LogP contribution >= 0.6 is 43.7 Å². The minimum atomic E-state index is -1.14. The Morgan fingerprint density at radius 2 is 1.40 bits per heavy atom. The second-order valence-electron chi connectivity index (χ2n) is 0.737. The van der Waals surface area contributed by atoms with Gasteiger partial charge in [0.25, 0.3) is 5.35 Å². The first kappa shape index (κ1) is 5.02. The van der Waals surface area contributed by atoms with Crippen molar-refractivity contribution in [1.29, 1.82) is 0 Å². The first-order valence-corrected chi connectivity index (χ1v) is 9.32. The van der Waals surface area contributed by atoms with E-state index in [0.717, 1.165) is 15.9 Å². The van der Waals surface area contributed by atoms with Crippen LogP contribution in [-0.2, 0) is 0 Å². The van der Waals surface area contributed by atoms with E-state index >= 15 is 0 Å². The maximum Gasteiger partial charge on any atom is 0.255 e. The van der Waals surface area contributed by atoms with E-state index in [2.05, 4.69) is 0 Å². The molecule has 0 aromatic heterocycles. The first-order valence-electron chi connectivity index (χ1n) is 1.04. The van der Waals surface area contributed by atoms with Gasteiger partial charge in [-0.1, -0.05) is 0 Å². The lowest BCUT2D eigenvalue weighted by molar-refractivity contribution is 4.65. The predicted molar refractivity (Wildman–Crippen MR) is 35.3 cm³/mol. The lowest BCUT2D eigenvalue weighted by atomic mass is 29.7. The molecule has 0 bridgehead atoms. The van der Waals surface area contributed by atoms with Crippen molar-refractivity contribution in [2.45, 2.75) is 0 Å². The van der Waals surface area contributed by atoms with Gasteiger partial charge in [0.05, 0.1) is 0 Å². The van der Waals surface area contributed by atoms with Gasteiger partial charge >= 0.3 is 0 Å². The van der Waals surface area contributed by atoms with Gasteiger partial charge in [-0.3, -0.25) is 0 Å². The van der Waals surface area contributed by atoms with E-state index < -0.39 is 5.35 Å². The molecule has 30 valence electrons. The van der Waals surface area contributed by atoms with Crippen LogP contribution in [0.2, 0.25) is 0 Å². The molecular weight excluding hydrogens is 164 g/mol. The number of halogens is 2. The minimum absolute atomic E-state index is 0.930. The van der Waals surface area contributed by atoms with Gasteiger partial charge in [-0.05, 0) is 0 Å². The lowest BCUT2D eigenvalue weighted by Gasteiger charge is -1.62. The summed E-state index contributed by atoms with van der Waals surface area (Å²) in [4.78, 5) is 0. The number of hydrogen-bond acceptors (Lipinski definition) is 0. The zero-order valence-corrected chi connectivity index (χ0v) is 6.61. The normalized spacial score (nSPS) is 39.6. The molecule has 2 atom stereocenters. The highest BCUT2D eigenvalue weighted by Gasteiger charge is 2.53. The molecule has 0 aliphatic carbocycles. The highest BCUT2D eigenvalue weighted by Crippen LogP contribution is 3.18. The third-order valence-electron chi connectivity index (χ3n) is 0.281. The SMILES string of the molecule is Cl[P+]1(Cl)PP1. The van der Waals surface area contributed by atoms with Crippen molar-refractivity contribution >= 4 is 43.7 Å². The molecule has 0 N–H and O–H groups in total. The molecule has 0 aromatic rings. The Kier molecular flexibility index (Phi) is 1.43. The predicted octanol–water partition coefficient (Wildman–Crippen LogP) is 3.43. The Bertz CT molecular complexity index is 42.9. The second-order valence-corrected chi connectivity index (χ2v) is 19.9. The fourth-order valence-electron chi connectivity index (χ4n) is 0.0378. The molecule has 5 heavy (non-hydrogen) atoms. The molecule has 1 aliphatic heterocycles. The van der Waals surface area contributed by atoms with Gasteiger partial charge in [0.15, 0.2) is 0 Å². The monoisotopic (exact) mass is 165 g/mol. The average molecular weight is 166 g/mol. The summed E-state index contributed by atoms with van der Waals surface area (Å²) in [6.07, 6.45) is 0. The number of hydrogen-bond donors (Lipinski definition) is 0. The van der Waals surface area contributed by atoms with E-state index in [4.69, 9.17) is 22.5 Å². The zero-order valence-electron chi connectivity index (χ0n) is 2.20. The number of rotatable bonds is 0. The molecule has 0 radical (unpaired) electrons. The minimum Gasteiger partial charge on any atom is 0.113 e. The van der Waals surface area contributed by atoms with Gasteiger partial charge in [-0.2, -0.15) is 0 Å². The average Bonchev–Trinajstić information content (AvgIpc) is 1.76. The van der Waals surface area contributed by atoms with Crippen LogP contribution in [0.4, 0.5) is 0 Å². The molecule has 5 heteroatoms. The summed E-state index contributed by atoms with van der Waals surface area (Å²) in [5.41, 5.74) is 0. The van der Waals surface area contributed by atoms with Gasteiger partial charge < -0.3 is 0 Å². The highest BCUT2D eigenvalue weighted by atomic mass is 35.9. The van der Waals surface area contributed by atoms with Crippen molar-refractivity contribution in [3.63, 3.8) is 0 Å². The zero-order chi connectivity index (χ0) is 3.91. The fraction of sp³-hybridized carbons (Fsp3) is 0. The molecule has 0 aromatic carbocycles. The van der Waals surface area contributed by atoms with Crippen LogP contribution in [0.15, 0.2) is 0 Å². The largest absolute Gasteiger partial charge is 0.255 e. The molecule has 1 saturated heterocycles. The van der Waals surface area contributed by atoms with E-state index in [9.17, 15) is 0 Å². The molecular formula is H2Cl2P3+. The van der Waals surface area contributed by atoms with E-state index in [1.54, 1.807) is 0 Å². The first-order chi connectivity index (χ1) is 2.21. The van der Waals surface area contributed by atoms with Crippen molar-refractivity contribution in [2.75, 3.05) is 0 Å². The summed E-state index contributed by atoms with van der Waals surface area (Å²) in [5.74, 6) is 0. The van der Waals surface area contributed by atoms with Crippen molar-refractivity contribution < 1.29 is 0 Å². The Morgan fingerprint density at radius 1 is 1.20 bits per heavy atom. The van der Waals surface area contributed by atoms with Crippen molar-refractivity contribution in [3.05, 3.63) is 0 Å². The van der Waals surface area contributed by atoms with Crippen LogP contribution < -0.4 is 0 Å². The summed E-state index contributed by atoms with van der Waals surface area (Å²) >= 11 is 11.1. The molecule has 2 unspecified atom stereocenters. The Morgan fingerprint density at radius 3 is 1.40 bits per heavy atom. The quantitative estimate of drug-likeness (QED) is 0.483. The van der Waals surface area contributed by atoms with Gasteiger partial charge in [-0.15, -0.1) is 0 Å². The van der Waals surface area contributed by atoms with Gasteiger partial charge in [0, 0.05) is 0 Å². The summed E-state index contributed by atoms with van der Waals surface area (Å²) in [7, 11) is 1.86. The van der Waals surface area contributed by atoms with Crippen LogP contribution in [0.3, 0.4) is 0 Å². The van der Waals surface area contributed by atoms with Crippen molar-refractivity contribution in [3.8, 4) is 0 Å². The molecule has 1 heterocycles. The molecule has 1 rings (SSSR count). The van der Waals surface area contributed by atoms with Gasteiger partial charge in [0.2, 0.25) is 0 Å². The summed E-state index contributed by atoms with van der Waals surface area (Å²) < 4.78 is 0. The molecule has 0 saturated carbocycles. The van der Waals surface area contributed by atoms with Crippen LogP contribution in [-0.4, -0.2) is 0 Å². The van der Waals surface area contributed by atoms with Crippen LogP contribution in [0.25, 0.3) is 0 Å². The maximum atomic E-state index is 5.54. The molecule has 0 amide bonds. The van der Waals surface area contributed by atoms with E-state index in [1.165, 1.54) is 0 Å². The van der Waals surface area contributed by atoms with E-state index in [-0.39, 0.29) is 0 Å². The Labute approximate surface area is 44.2 Å². The summed E-state index contributed by atoms with van der Waals surface area (Å²) in [5, 5.41) is -1.14. The molecule has 1 aliphatic rings. The topological polar surface area (TPSA) is 0 Å². The standard InChI is InChI=1S/Cl2H2P3/c1-5(2)3-4-5/h3-4H/q+1. The molecule has 1 fully saturated rings. The Balaban J connectivity index is 2.38. The summed E-state index contributed by atoms with van der Waals surface area (Å²) in [6, 6.07) is 0. The second kappa shape index (κ2) is 1.43. The van der Waals surface area contributed by atoms with Crippen LogP contribution in [0.1, 0.15) is 0 Å². The van der Waals surface area contributed by atoms with E-state index in [1.807, 2.05) is 0 Å². The maximum absolute atomic E-state index is 5.54. The molecule has 0 nitrogen and oxygen atoms in total.